The molecular formula is C19H18N4O4. The minimum absolute atomic E-state index is 0.0195. The van der Waals surface area contributed by atoms with Gasteiger partial charge in [-0.15, -0.1) is 0 Å². The van der Waals surface area contributed by atoms with Gasteiger partial charge in [-0.05, 0) is 24.3 Å². The Morgan fingerprint density at radius 3 is 2.81 bits per heavy atom. The van der Waals surface area contributed by atoms with Crippen LogP contribution in [-0.2, 0) is 9.59 Å². The summed E-state index contributed by atoms with van der Waals surface area (Å²) in [6.45, 7) is 0. The number of benzene rings is 2. The Balaban J connectivity index is 1.57. The minimum Gasteiger partial charge on any atom is -0.497 e. The summed E-state index contributed by atoms with van der Waals surface area (Å²) in [5, 5.41) is 5.53. The van der Waals surface area contributed by atoms with Crippen LogP contribution >= 0.6 is 0 Å². The van der Waals surface area contributed by atoms with Gasteiger partial charge in [0.1, 0.15) is 17.5 Å². The van der Waals surface area contributed by atoms with Gasteiger partial charge in [-0.25, -0.2) is 4.98 Å². The highest BCUT2D eigenvalue weighted by atomic mass is 16.5. The van der Waals surface area contributed by atoms with Gasteiger partial charge in [0.25, 0.3) is 0 Å². The highest BCUT2D eigenvalue weighted by Crippen LogP contribution is 2.33. The molecule has 1 aliphatic rings. The van der Waals surface area contributed by atoms with E-state index in [1.807, 2.05) is 24.3 Å². The molecule has 4 rings (SSSR count). The van der Waals surface area contributed by atoms with Crippen LogP contribution in [0.15, 0.2) is 42.5 Å². The molecule has 2 N–H and O–H groups in total. The van der Waals surface area contributed by atoms with Crippen LogP contribution in [0.2, 0.25) is 0 Å². The first kappa shape index (κ1) is 16.9. The summed E-state index contributed by atoms with van der Waals surface area (Å²) in [7, 11) is 3.07. The van der Waals surface area contributed by atoms with E-state index in [1.54, 1.807) is 29.9 Å². The van der Waals surface area contributed by atoms with Crippen LogP contribution in [0.5, 0.6) is 11.5 Å². The number of methoxy groups -OCH3 is 2. The number of nitrogens with zero attached hydrogens (tertiary/aromatic N) is 2. The standard InChI is InChI=1S/C19H18N4O4/c1-26-11-7-8-13(16(9-11)27-2)20-17(24)10-15-18(25)22-19-21-12-5-3-4-6-14(12)23(15)19/h3-9,15H,10H2,1-2H3,(H,20,24)(H,21,22,25). The monoisotopic (exact) mass is 366 g/mol. The van der Waals surface area contributed by atoms with Gasteiger partial charge in [0, 0.05) is 6.07 Å². The summed E-state index contributed by atoms with van der Waals surface area (Å²) in [5.74, 6) is 1.01. The number of hydrogen-bond donors (Lipinski definition) is 2. The van der Waals surface area contributed by atoms with Gasteiger partial charge in [-0.1, -0.05) is 12.1 Å². The van der Waals surface area contributed by atoms with Crippen LogP contribution in [0.25, 0.3) is 11.0 Å². The average molecular weight is 366 g/mol. The fraction of sp³-hybridized carbons (Fsp3) is 0.211. The van der Waals surface area contributed by atoms with Crippen molar-refractivity contribution in [2.45, 2.75) is 12.5 Å². The summed E-state index contributed by atoms with van der Waals surface area (Å²) in [6, 6.07) is 11.9. The van der Waals surface area contributed by atoms with E-state index in [0.29, 0.717) is 23.1 Å². The minimum atomic E-state index is -0.656. The molecule has 138 valence electrons. The molecule has 0 spiro atoms. The van der Waals surface area contributed by atoms with Crippen LogP contribution in [0.4, 0.5) is 11.6 Å². The lowest BCUT2D eigenvalue weighted by Crippen LogP contribution is -2.23. The molecule has 0 radical (unpaired) electrons. The third-order valence-electron chi connectivity index (χ3n) is 4.51. The van der Waals surface area contributed by atoms with E-state index < -0.39 is 6.04 Å². The summed E-state index contributed by atoms with van der Waals surface area (Å²) >= 11 is 0. The molecule has 2 aromatic carbocycles. The Morgan fingerprint density at radius 2 is 2.04 bits per heavy atom. The first-order chi connectivity index (χ1) is 13.1. The molecule has 2 amide bonds. The van der Waals surface area contributed by atoms with E-state index in [0.717, 1.165) is 11.0 Å². The van der Waals surface area contributed by atoms with E-state index in [1.165, 1.54) is 7.11 Å². The summed E-state index contributed by atoms with van der Waals surface area (Å²) in [6.07, 6.45) is -0.0195. The number of carbonyl (C=O) groups is 2. The van der Waals surface area contributed by atoms with Crippen LogP contribution < -0.4 is 20.1 Å². The Bertz CT molecular complexity index is 1040. The largest absolute Gasteiger partial charge is 0.497 e. The molecule has 0 fully saturated rings. The molecule has 0 aliphatic carbocycles. The lowest BCUT2D eigenvalue weighted by atomic mass is 10.1. The van der Waals surface area contributed by atoms with Crippen LogP contribution in [-0.4, -0.2) is 35.6 Å². The Hall–Kier alpha value is -3.55. The number of fused-ring (bicyclic) bond motifs is 3. The quantitative estimate of drug-likeness (QED) is 0.724. The summed E-state index contributed by atoms with van der Waals surface area (Å²) < 4.78 is 12.2. The number of ether oxygens (including phenoxy) is 2. The zero-order valence-corrected chi connectivity index (χ0v) is 14.9. The van der Waals surface area contributed by atoms with Crippen molar-refractivity contribution < 1.29 is 19.1 Å². The zero-order chi connectivity index (χ0) is 19.0. The second kappa shape index (κ2) is 6.64. The molecule has 0 saturated heterocycles. The second-order valence-corrected chi connectivity index (χ2v) is 6.12. The first-order valence-corrected chi connectivity index (χ1v) is 8.40. The normalized spacial score (nSPS) is 15.3. The number of para-hydroxylation sites is 2. The van der Waals surface area contributed by atoms with Crippen LogP contribution in [0, 0.1) is 0 Å². The molecule has 27 heavy (non-hydrogen) atoms. The maximum Gasteiger partial charge on any atom is 0.250 e. The topological polar surface area (TPSA) is 94.5 Å². The van der Waals surface area contributed by atoms with Crippen LogP contribution in [0.3, 0.4) is 0 Å². The van der Waals surface area contributed by atoms with Crippen molar-refractivity contribution in [3.05, 3.63) is 42.5 Å². The van der Waals surface area contributed by atoms with Crippen LogP contribution in [0.1, 0.15) is 12.5 Å². The number of anilines is 2. The summed E-state index contributed by atoms with van der Waals surface area (Å²) in [5.41, 5.74) is 2.10. The molecule has 2 heterocycles. The number of imidazole rings is 1. The number of carbonyl (C=O) groups excluding carboxylic acids is 2. The van der Waals surface area contributed by atoms with Gasteiger partial charge >= 0.3 is 0 Å². The maximum atomic E-state index is 12.6. The lowest BCUT2D eigenvalue weighted by molar-refractivity contribution is -0.123. The van der Waals surface area contributed by atoms with Gasteiger partial charge < -0.3 is 14.8 Å². The van der Waals surface area contributed by atoms with Gasteiger partial charge in [0.05, 0.1) is 37.4 Å². The maximum absolute atomic E-state index is 12.6. The Morgan fingerprint density at radius 1 is 1.22 bits per heavy atom. The van der Waals surface area contributed by atoms with Gasteiger partial charge in [-0.3, -0.25) is 19.5 Å². The van der Waals surface area contributed by atoms with E-state index in [2.05, 4.69) is 15.6 Å². The Labute approximate surface area is 155 Å². The molecule has 8 nitrogen and oxygen atoms in total. The molecule has 0 saturated carbocycles. The molecule has 1 aromatic heterocycles. The molecule has 3 aromatic rings. The fourth-order valence-electron chi connectivity index (χ4n) is 3.22. The SMILES string of the molecule is COc1ccc(NC(=O)CC2C(=O)Nc3nc4ccccc4n32)c(OC)c1. The number of aromatic nitrogens is 2. The van der Waals surface area contributed by atoms with E-state index in [4.69, 9.17) is 9.47 Å². The predicted molar refractivity (Wildman–Crippen MR) is 100 cm³/mol. The fourth-order valence-corrected chi connectivity index (χ4v) is 3.22. The molecule has 0 bridgehead atoms. The van der Waals surface area contributed by atoms with Crippen molar-refractivity contribution in [1.82, 2.24) is 9.55 Å². The average Bonchev–Trinajstić information content (AvgIpc) is 3.17. The molecule has 1 aliphatic heterocycles. The third-order valence-corrected chi connectivity index (χ3v) is 4.51. The number of hydrogen-bond acceptors (Lipinski definition) is 5. The lowest BCUT2D eigenvalue weighted by Gasteiger charge is -2.14. The zero-order valence-electron chi connectivity index (χ0n) is 14.9. The van der Waals surface area contributed by atoms with Crippen molar-refractivity contribution >= 4 is 34.5 Å². The number of amides is 2. The highest BCUT2D eigenvalue weighted by Gasteiger charge is 2.34. The third kappa shape index (κ3) is 2.95. The second-order valence-electron chi connectivity index (χ2n) is 6.12. The van der Waals surface area contributed by atoms with Crippen molar-refractivity contribution in [2.24, 2.45) is 0 Å². The van der Waals surface area contributed by atoms with Crippen molar-refractivity contribution in [3.8, 4) is 11.5 Å². The summed E-state index contributed by atoms with van der Waals surface area (Å²) in [4.78, 5) is 29.3. The van der Waals surface area contributed by atoms with Crippen molar-refractivity contribution in [3.63, 3.8) is 0 Å². The number of rotatable bonds is 5. The predicted octanol–water partition coefficient (Wildman–Crippen LogP) is 2.58. The van der Waals surface area contributed by atoms with Gasteiger partial charge in [0.2, 0.25) is 17.8 Å². The molecular weight excluding hydrogens is 348 g/mol. The van der Waals surface area contributed by atoms with Crippen molar-refractivity contribution in [2.75, 3.05) is 24.9 Å². The molecule has 1 unspecified atom stereocenters. The molecule has 1 atom stereocenters. The van der Waals surface area contributed by atoms with Crippen molar-refractivity contribution in [1.29, 1.82) is 0 Å². The highest BCUT2D eigenvalue weighted by molar-refractivity contribution is 6.03. The molecule has 8 heteroatoms. The first-order valence-electron chi connectivity index (χ1n) is 8.40. The van der Waals surface area contributed by atoms with E-state index in [-0.39, 0.29) is 18.2 Å². The van der Waals surface area contributed by atoms with E-state index >= 15 is 0 Å². The smallest absolute Gasteiger partial charge is 0.250 e. The Kier molecular flexibility index (Phi) is 4.15. The van der Waals surface area contributed by atoms with Gasteiger partial charge in [-0.2, -0.15) is 0 Å². The number of nitrogens with one attached hydrogen (secondary N) is 2. The van der Waals surface area contributed by atoms with E-state index in [9.17, 15) is 9.59 Å². The van der Waals surface area contributed by atoms with Gasteiger partial charge in [0.15, 0.2) is 0 Å².